The average molecular weight is 298 g/mol. The number of amides is 2. The van der Waals surface area contributed by atoms with E-state index in [2.05, 4.69) is 0 Å². The molecule has 1 aliphatic heterocycles. The zero-order valence-electron chi connectivity index (χ0n) is 9.69. The SMILES string of the molecule is N#Cc1cc(Cl)c(N2CC(C(N)=O)CC2=O)c(Cl)c1. The lowest BCUT2D eigenvalue weighted by molar-refractivity contribution is -0.123. The zero-order chi connectivity index (χ0) is 14.2. The molecule has 0 radical (unpaired) electrons. The van der Waals surface area contributed by atoms with E-state index in [9.17, 15) is 9.59 Å². The van der Waals surface area contributed by atoms with E-state index in [1.54, 1.807) is 0 Å². The monoisotopic (exact) mass is 297 g/mol. The third-order valence-corrected chi connectivity index (χ3v) is 3.52. The second-order valence-electron chi connectivity index (χ2n) is 4.21. The van der Waals surface area contributed by atoms with Gasteiger partial charge in [-0.2, -0.15) is 5.26 Å². The van der Waals surface area contributed by atoms with Gasteiger partial charge in [-0.3, -0.25) is 9.59 Å². The Kier molecular flexibility index (Phi) is 3.65. The van der Waals surface area contributed by atoms with Crippen molar-refractivity contribution in [1.82, 2.24) is 0 Å². The van der Waals surface area contributed by atoms with E-state index in [0.29, 0.717) is 11.3 Å². The molecule has 0 aromatic heterocycles. The molecule has 1 aromatic rings. The number of primary amides is 1. The number of carbonyl (C=O) groups is 2. The molecule has 1 atom stereocenters. The Labute approximate surface area is 119 Å². The molecule has 1 saturated heterocycles. The van der Waals surface area contributed by atoms with Crippen LogP contribution < -0.4 is 10.6 Å². The Morgan fingerprint density at radius 3 is 2.42 bits per heavy atom. The minimum absolute atomic E-state index is 0.0436. The van der Waals surface area contributed by atoms with Crippen LogP contribution in [0.3, 0.4) is 0 Å². The number of carbonyl (C=O) groups excluding carboxylic acids is 2. The summed E-state index contributed by atoms with van der Waals surface area (Å²) in [6, 6.07) is 4.77. The number of hydrogen-bond acceptors (Lipinski definition) is 3. The molecule has 2 amide bonds. The first kappa shape index (κ1) is 13.7. The van der Waals surface area contributed by atoms with Crippen molar-refractivity contribution in [3.63, 3.8) is 0 Å². The van der Waals surface area contributed by atoms with Gasteiger partial charge in [-0.1, -0.05) is 23.2 Å². The smallest absolute Gasteiger partial charge is 0.227 e. The normalized spacial score (nSPS) is 18.5. The summed E-state index contributed by atoms with van der Waals surface area (Å²) < 4.78 is 0. The third-order valence-electron chi connectivity index (χ3n) is 2.94. The maximum Gasteiger partial charge on any atom is 0.227 e. The standard InChI is InChI=1S/C12H9Cl2N3O2/c13-8-1-6(4-15)2-9(14)11(8)17-5-7(12(16)19)3-10(17)18/h1-2,7H,3,5H2,(H2,16,19). The van der Waals surface area contributed by atoms with Gasteiger partial charge in [0.2, 0.25) is 11.8 Å². The first-order valence-corrected chi connectivity index (χ1v) is 6.18. The van der Waals surface area contributed by atoms with Crippen molar-refractivity contribution >= 4 is 40.7 Å². The molecule has 98 valence electrons. The molecule has 1 unspecified atom stereocenters. The van der Waals surface area contributed by atoms with E-state index in [0.717, 1.165) is 0 Å². The molecular formula is C12H9Cl2N3O2. The average Bonchev–Trinajstić information content (AvgIpc) is 2.71. The topological polar surface area (TPSA) is 87.2 Å². The lowest BCUT2D eigenvalue weighted by Gasteiger charge is -2.19. The molecule has 1 aromatic carbocycles. The summed E-state index contributed by atoms with van der Waals surface area (Å²) in [4.78, 5) is 24.3. The molecule has 19 heavy (non-hydrogen) atoms. The fraction of sp³-hybridized carbons (Fsp3) is 0.250. The number of nitrogens with zero attached hydrogens (tertiary/aromatic N) is 2. The van der Waals surface area contributed by atoms with Gasteiger partial charge in [-0.25, -0.2) is 0 Å². The van der Waals surface area contributed by atoms with Gasteiger partial charge < -0.3 is 10.6 Å². The Hall–Kier alpha value is -1.77. The first-order chi connectivity index (χ1) is 8.93. The largest absolute Gasteiger partial charge is 0.369 e. The molecule has 2 N–H and O–H groups in total. The molecule has 1 heterocycles. The van der Waals surface area contributed by atoms with Gasteiger partial charge in [0, 0.05) is 13.0 Å². The Morgan fingerprint density at radius 1 is 1.42 bits per heavy atom. The fourth-order valence-electron chi connectivity index (χ4n) is 2.00. The van der Waals surface area contributed by atoms with Gasteiger partial charge >= 0.3 is 0 Å². The van der Waals surface area contributed by atoms with E-state index >= 15 is 0 Å². The second kappa shape index (κ2) is 5.08. The van der Waals surface area contributed by atoms with E-state index < -0.39 is 11.8 Å². The predicted octanol–water partition coefficient (Wildman–Crippen LogP) is 1.70. The van der Waals surface area contributed by atoms with Crippen LogP contribution in [0.1, 0.15) is 12.0 Å². The highest BCUT2D eigenvalue weighted by Crippen LogP contribution is 2.38. The van der Waals surface area contributed by atoms with Crippen LogP contribution in [0.5, 0.6) is 0 Å². The third kappa shape index (κ3) is 2.50. The quantitative estimate of drug-likeness (QED) is 0.901. The summed E-state index contributed by atoms with van der Waals surface area (Å²) in [5.41, 5.74) is 5.81. The Bertz CT molecular complexity index is 586. The van der Waals surface area contributed by atoms with Crippen molar-refractivity contribution in [2.75, 3.05) is 11.4 Å². The number of benzene rings is 1. The number of nitrogens with two attached hydrogens (primary N) is 1. The molecule has 0 bridgehead atoms. The van der Waals surface area contributed by atoms with Gasteiger partial charge in [0.1, 0.15) is 0 Å². The molecule has 1 aliphatic rings. The highest BCUT2D eigenvalue weighted by atomic mass is 35.5. The van der Waals surface area contributed by atoms with Gasteiger partial charge in [0.05, 0.1) is 33.3 Å². The molecule has 0 spiro atoms. The Morgan fingerprint density at radius 2 is 2.00 bits per heavy atom. The molecule has 1 fully saturated rings. The zero-order valence-corrected chi connectivity index (χ0v) is 11.2. The van der Waals surface area contributed by atoms with Crippen molar-refractivity contribution < 1.29 is 9.59 Å². The van der Waals surface area contributed by atoms with Crippen molar-refractivity contribution in [3.05, 3.63) is 27.7 Å². The molecular weight excluding hydrogens is 289 g/mol. The van der Waals surface area contributed by atoms with Gasteiger partial charge in [-0.05, 0) is 12.1 Å². The summed E-state index contributed by atoms with van der Waals surface area (Å²) in [5.74, 6) is -1.34. The highest BCUT2D eigenvalue weighted by Gasteiger charge is 2.35. The van der Waals surface area contributed by atoms with Crippen molar-refractivity contribution in [2.24, 2.45) is 11.7 Å². The minimum Gasteiger partial charge on any atom is -0.369 e. The van der Waals surface area contributed by atoms with E-state index in [1.165, 1.54) is 17.0 Å². The molecule has 2 rings (SSSR count). The van der Waals surface area contributed by atoms with Crippen LogP contribution >= 0.6 is 23.2 Å². The lowest BCUT2D eigenvalue weighted by atomic mass is 10.1. The summed E-state index contributed by atoms with van der Waals surface area (Å²) in [7, 11) is 0. The number of hydrogen-bond donors (Lipinski definition) is 1. The van der Waals surface area contributed by atoms with Crippen LogP contribution in [0.25, 0.3) is 0 Å². The maximum atomic E-state index is 11.9. The lowest BCUT2D eigenvalue weighted by Crippen LogP contribution is -2.28. The number of halogens is 2. The van der Waals surface area contributed by atoms with E-state index in [4.69, 9.17) is 34.2 Å². The van der Waals surface area contributed by atoms with Crippen LogP contribution in [0.2, 0.25) is 10.0 Å². The number of rotatable bonds is 2. The summed E-state index contributed by atoms with van der Waals surface area (Å²) in [6.07, 6.45) is 0.0436. The first-order valence-electron chi connectivity index (χ1n) is 5.43. The summed E-state index contributed by atoms with van der Waals surface area (Å²) >= 11 is 12.1. The highest BCUT2D eigenvalue weighted by molar-refractivity contribution is 6.40. The van der Waals surface area contributed by atoms with Crippen LogP contribution in [-0.2, 0) is 9.59 Å². The fourth-order valence-corrected chi connectivity index (χ4v) is 2.69. The van der Waals surface area contributed by atoms with Crippen LogP contribution in [0.15, 0.2) is 12.1 Å². The molecule has 0 saturated carbocycles. The van der Waals surface area contributed by atoms with Gasteiger partial charge in [0.15, 0.2) is 0 Å². The number of nitriles is 1. The van der Waals surface area contributed by atoms with Crippen molar-refractivity contribution in [1.29, 1.82) is 5.26 Å². The number of anilines is 1. The van der Waals surface area contributed by atoms with E-state index in [1.807, 2.05) is 6.07 Å². The predicted molar refractivity (Wildman–Crippen MR) is 70.8 cm³/mol. The van der Waals surface area contributed by atoms with Gasteiger partial charge in [0.25, 0.3) is 0 Å². The summed E-state index contributed by atoms with van der Waals surface area (Å²) in [5, 5.41) is 9.19. The molecule has 5 nitrogen and oxygen atoms in total. The van der Waals surface area contributed by atoms with Crippen molar-refractivity contribution in [3.8, 4) is 6.07 Å². The van der Waals surface area contributed by atoms with Crippen molar-refractivity contribution in [2.45, 2.75) is 6.42 Å². The summed E-state index contributed by atoms with van der Waals surface area (Å²) in [6.45, 7) is 0.152. The van der Waals surface area contributed by atoms with Crippen LogP contribution in [0.4, 0.5) is 5.69 Å². The second-order valence-corrected chi connectivity index (χ2v) is 5.02. The van der Waals surface area contributed by atoms with Crippen LogP contribution in [-0.4, -0.2) is 18.4 Å². The van der Waals surface area contributed by atoms with E-state index in [-0.39, 0.29) is 28.9 Å². The minimum atomic E-state index is -0.546. The van der Waals surface area contributed by atoms with Crippen LogP contribution in [0, 0.1) is 17.2 Å². The van der Waals surface area contributed by atoms with Gasteiger partial charge in [-0.15, -0.1) is 0 Å². The maximum absolute atomic E-state index is 11.9. The molecule has 7 heteroatoms. The Balaban J connectivity index is 2.41. The molecule has 0 aliphatic carbocycles.